The van der Waals surface area contributed by atoms with Crippen LogP contribution in [-0.4, -0.2) is 19.9 Å². The van der Waals surface area contributed by atoms with E-state index in [1.807, 2.05) is 0 Å². The van der Waals surface area contributed by atoms with Gasteiger partial charge in [0.15, 0.2) is 5.82 Å². The standard InChI is InChI=1S/C13H16ClN3O2S2/c1-2-5-15-8-10-7-11(9-20-10)21(18,19)17-13-12(14)4-3-6-16-13/h3-4,6-7,9,15H,2,5,8H2,1H3,(H,16,17). The molecule has 0 saturated carbocycles. The van der Waals surface area contributed by atoms with Crippen LogP contribution in [0.1, 0.15) is 18.2 Å². The van der Waals surface area contributed by atoms with Gasteiger partial charge >= 0.3 is 0 Å². The van der Waals surface area contributed by atoms with E-state index in [1.165, 1.54) is 17.5 Å². The number of rotatable bonds is 7. The van der Waals surface area contributed by atoms with Crippen LogP contribution < -0.4 is 10.0 Å². The highest BCUT2D eigenvalue weighted by molar-refractivity contribution is 7.92. The van der Waals surface area contributed by atoms with Crippen LogP contribution >= 0.6 is 22.9 Å². The molecule has 2 aromatic heterocycles. The molecule has 2 aromatic rings. The van der Waals surface area contributed by atoms with Gasteiger partial charge in [0.2, 0.25) is 0 Å². The molecule has 2 heterocycles. The summed E-state index contributed by atoms with van der Waals surface area (Å²) < 4.78 is 26.9. The monoisotopic (exact) mass is 345 g/mol. The van der Waals surface area contributed by atoms with Crippen molar-refractivity contribution in [1.29, 1.82) is 0 Å². The van der Waals surface area contributed by atoms with E-state index in [0.29, 0.717) is 6.54 Å². The van der Waals surface area contributed by atoms with E-state index in [0.717, 1.165) is 17.8 Å². The quantitative estimate of drug-likeness (QED) is 0.756. The van der Waals surface area contributed by atoms with Crippen LogP contribution in [0.25, 0.3) is 0 Å². The molecule has 0 unspecified atom stereocenters. The van der Waals surface area contributed by atoms with Gasteiger partial charge in [-0.1, -0.05) is 18.5 Å². The summed E-state index contributed by atoms with van der Waals surface area (Å²) in [6.45, 7) is 3.65. The van der Waals surface area contributed by atoms with Crippen molar-refractivity contribution in [2.75, 3.05) is 11.3 Å². The number of anilines is 1. The average Bonchev–Trinajstić information content (AvgIpc) is 2.91. The van der Waals surface area contributed by atoms with Crippen LogP contribution in [0.5, 0.6) is 0 Å². The van der Waals surface area contributed by atoms with E-state index in [1.54, 1.807) is 23.6 Å². The van der Waals surface area contributed by atoms with E-state index in [9.17, 15) is 8.42 Å². The van der Waals surface area contributed by atoms with Crippen LogP contribution in [0.4, 0.5) is 5.82 Å². The highest BCUT2D eigenvalue weighted by Crippen LogP contribution is 2.24. The van der Waals surface area contributed by atoms with Crippen molar-refractivity contribution in [2.24, 2.45) is 0 Å². The van der Waals surface area contributed by atoms with Crippen molar-refractivity contribution in [3.05, 3.63) is 39.7 Å². The largest absolute Gasteiger partial charge is 0.312 e. The molecule has 0 bridgehead atoms. The van der Waals surface area contributed by atoms with Gasteiger partial charge in [0.25, 0.3) is 10.0 Å². The minimum Gasteiger partial charge on any atom is -0.312 e. The highest BCUT2D eigenvalue weighted by Gasteiger charge is 2.18. The Balaban J connectivity index is 2.11. The van der Waals surface area contributed by atoms with Gasteiger partial charge in [-0.2, -0.15) is 0 Å². The second-order valence-corrected chi connectivity index (χ2v) is 7.45. The summed E-state index contributed by atoms with van der Waals surface area (Å²) in [5.74, 6) is 0.135. The lowest BCUT2D eigenvalue weighted by Gasteiger charge is -2.06. The van der Waals surface area contributed by atoms with E-state index < -0.39 is 10.0 Å². The fourth-order valence-corrected chi connectivity index (χ4v) is 4.13. The molecule has 2 N–H and O–H groups in total. The first-order chi connectivity index (χ1) is 10.0. The summed E-state index contributed by atoms with van der Waals surface area (Å²) in [6, 6.07) is 4.88. The van der Waals surface area contributed by atoms with Gasteiger partial charge in [-0.05, 0) is 31.2 Å². The lowest BCUT2D eigenvalue weighted by molar-refractivity contribution is 0.601. The molecule has 0 radical (unpaired) electrons. The normalized spacial score (nSPS) is 11.5. The number of hydrogen-bond donors (Lipinski definition) is 2. The maximum Gasteiger partial charge on any atom is 0.263 e. The highest BCUT2D eigenvalue weighted by atomic mass is 35.5. The molecule has 8 heteroatoms. The Labute approximate surface area is 133 Å². The Morgan fingerprint density at radius 2 is 2.24 bits per heavy atom. The van der Waals surface area contributed by atoms with Gasteiger partial charge in [-0.3, -0.25) is 4.72 Å². The predicted octanol–water partition coefficient (Wildman–Crippen LogP) is 3.10. The second-order valence-electron chi connectivity index (χ2n) is 4.36. The third-order valence-corrected chi connectivity index (χ3v) is 5.36. The molecule has 0 spiro atoms. The number of thiophene rings is 1. The van der Waals surface area contributed by atoms with Crippen molar-refractivity contribution in [3.8, 4) is 0 Å². The van der Waals surface area contributed by atoms with Gasteiger partial charge in [-0.25, -0.2) is 13.4 Å². The lowest BCUT2D eigenvalue weighted by atomic mass is 10.4. The fourth-order valence-electron chi connectivity index (χ4n) is 1.63. The van der Waals surface area contributed by atoms with E-state index in [4.69, 9.17) is 11.6 Å². The summed E-state index contributed by atoms with van der Waals surface area (Å²) in [5, 5.41) is 5.11. The Morgan fingerprint density at radius 3 is 2.95 bits per heavy atom. The molecule has 0 saturated heterocycles. The Bertz CT molecular complexity index is 701. The second kappa shape index (κ2) is 7.22. The number of hydrogen-bond acceptors (Lipinski definition) is 5. The van der Waals surface area contributed by atoms with Crippen molar-refractivity contribution < 1.29 is 8.42 Å². The predicted molar refractivity (Wildman–Crippen MR) is 86.4 cm³/mol. The summed E-state index contributed by atoms with van der Waals surface area (Å²) in [6.07, 6.45) is 2.52. The van der Waals surface area contributed by atoms with E-state index >= 15 is 0 Å². The topological polar surface area (TPSA) is 71.1 Å². The number of pyridine rings is 1. The van der Waals surface area contributed by atoms with E-state index in [2.05, 4.69) is 21.9 Å². The van der Waals surface area contributed by atoms with Gasteiger partial charge in [-0.15, -0.1) is 11.3 Å². The van der Waals surface area contributed by atoms with Crippen molar-refractivity contribution in [2.45, 2.75) is 24.8 Å². The fraction of sp³-hybridized carbons (Fsp3) is 0.308. The van der Waals surface area contributed by atoms with Crippen LogP contribution in [0.3, 0.4) is 0 Å². The molecule has 5 nitrogen and oxygen atoms in total. The van der Waals surface area contributed by atoms with Gasteiger partial charge in [0.05, 0.1) is 9.92 Å². The van der Waals surface area contributed by atoms with Gasteiger partial charge in [0.1, 0.15) is 0 Å². The number of sulfonamides is 1. The smallest absolute Gasteiger partial charge is 0.263 e. The summed E-state index contributed by atoms with van der Waals surface area (Å²) in [5.41, 5.74) is 0. The number of nitrogens with zero attached hydrogens (tertiary/aromatic N) is 1. The minimum absolute atomic E-state index is 0.135. The molecule has 0 fully saturated rings. The Hall–Kier alpha value is -1.15. The molecule has 2 rings (SSSR count). The molecule has 114 valence electrons. The zero-order valence-electron chi connectivity index (χ0n) is 11.5. The molecule has 0 atom stereocenters. The third kappa shape index (κ3) is 4.41. The number of halogens is 1. The molecule has 21 heavy (non-hydrogen) atoms. The van der Waals surface area contributed by atoms with Crippen molar-refractivity contribution >= 4 is 38.8 Å². The van der Waals surface area contributed by atoms with Crippen molar-refractivity contribution in [1.82, 2.24) is 10.3 Å². The number of nitrogens with one attached hydrogen (secondary N) is 2. The summed E-state index contributed by atoms with van der Waals surface area (Å²) >= 11 is 7.32. The lowest BCUT2D eigenvalue weighted by Crippen LogP contribution is -2.14. The maximum absolute atomic E-state index is 12.3. The maximum atomic E-state index is 12.3. The van der Waals surface area contributed by atoms with Crippen LogP contribution in [0, 0.1) is 0 Å². The molecule has 0 aliphatic heterocycles. The third-order valence-electron chi connectivity index (χ3n) is 2.66. The Kier molecular flexibility index (Phi) is 5.58. The minimum atomic E-state index is -3.66. The SMILES string of the molecule is CCCNCc1cc(S(=O)(=O)Nc2ncccc2Cl)cs1. The van der Waals surface area contributed by atoms with Crippen molar-refractivity contribution in [3.63, 3.8) is 0 Å². The molecule has 0 aromatic carbocycles. The summed E-state index contributed by atoms with van der Waals surface area (Å²) in [4.78, 5) is 5.12. The average molecular weight is 346 g/mol. The molecule has 0 aliphatic carbocycles. The zero-order valence-corrected chi connectivity index (χ0v) is 13.9. The van der Waals surface area contributed by atoms with Crippen LogP contribution in [-0.2, 0) is 16.6 Å². The molecule has 0 amide bonds. The number of aromatic nitrogens is 1. The first kappa shape index (κ1) is 16.2. The summed E-state index contributed by atoms with van der Waals surface area (Å²) in [7, 11) is -3.66. The molecular formula is C13H16ClN3O2S2. The molecule has 0 aliphatic rings. The van der Waals surface area contributed by atoms with Crippen LogP contribution in [0.15, 0.2) is 34.7 Å². The first-order valence-electron chi connectivity index (χ1n) is 6.44. The van der Waals surface area contributed by atoms with E-state index in [-0.39, 0.29) is 15.7 Å². The Morgan fingerprint density at radius 1 is 1.43 bits per heavy atom. The molecular weight excluding hydrogens is 330 g/mol. The van der Waals surface area contributed by atoms with Gasteiger partial charge in [0, 0.05) is 23.0 Å². The first-order valence-corrected chi connectivity index (χ1v) is 9.18. The van der Waals surface area contributed by atoms with Crippen LogP contribution in [0.2, 0.25) is 5.02 Å². The van der Waals surface area contributed by atoms with Gasteiger partial charge < -0.3 is 5.32 Å². The zero-order chi connectivity index (χ0) is 15.3.